The molecule has 0 amide bonds. The van der Waals surface area contributed by atoms with Crippen molar-refractivity contribution in [2.45, 2.75) is 26.9 Å². The minimum atomic E-state index is -0.976. The van der Waals surface area contributed by atoms with Gasteiger partial charge in [-0.3, -0.25) is 0 Å². The minimum absolute atomic E-state index is 0.296. The molecular weight excluding hydrogens is 263 g/mol. The van der Waals surface area contributed by atoms with Gasteiger partial charge in [-0.25, -0.2) is 4.39 Å². The molecule has 0 aromatic heterocycles. The Morgan fingerprint density at radius 1 is 1.00 bits per heavy atom. The van der Waals surface area contributed by atoms with Crippen molar-refractivity contribution in [1.82, 2.24) is 0 Å². The highest BCUT2D eigenvalue weighted by Crippen LogP contribution is 2.30. The van der Waals surface area contributed by atoms with Crippen molar-refractivity contribution in [3.63, 3.8) is 0 Å². The molecule has 3 heteroatoms. The molecule has 0 aliphatic carbocycles. The maximum Gasteiger partial charge on any atom is 0.132 e. The summed E-state index contributed by atoms with van der Waals surface area (Å²) in [6, 6.07) is 8.64. The second-order valence-electron chi connectivity index (χ2n) is 4.84. The molecule has 1 unspecified atom stereocenters. The fraction of sp³-hybridized carbons (Fsp3) is 0.250. The number of hydrogen-bond acceptors (Lipinski definition) is 1. The Hall–Kier alpha value is -1.38. The van der Waals surface area contributed by atoms with Gasteiger partial charge in [0, 0.05) is 10.6 Å². The summed E-state index contributed by atoms with van der Waals surface area (Å²) in [5.74, 6) is -0.359. The van der Waals surface area contributed by atoms with E-state index in [1.54, 1.807) is 31.2 Å². The molecular formula is C16H16ClFO. The Morgan fingerprint density at radius 2 is 1.68 bits per heavy atom. The van der Waals surface area contributed by atoms with Crippen LogP contribution in [0.3, 0.4) is 0 Å². The van der Waals surface area contributed by atoms with Gasteiger partial charge in [-0.1, -0.05) is 35.9 Å². The van der Waals surface area contributed by atoms with Gasteiger partial charge in [0.15, 0.2) is 0 Å². The Labute approximate surface area is 117 Å². The summed E-state index contributed by atoms with van der Waals surface area (Å²) in [6.07, 6.45) is -0.976. The van der Waals surface area contributed by atoms with Crippen LogP contribution in [0.4, 0.5) is 4.39 Å². The van der Waals surface area contributed by atoms with Crippen LogP contribution in [0.1, 0.15) is 33.9 Å². The summed E-state index contributed by atoms with van der Waals surface area (Å²) in [6.45, 7) is 5.41. The number of aliphatic hydroxyl groups excluding tert-OH is 1. The highest BCUT2D eigenvalue weighted by molar-refractivity contribution is 6.31. The predicted octanol–water partition coefficient (Wildman–Crippen LogP) is 4.49. The van der Waals surface area contributed by atoms with E-state index < -0.39 is 6.10 Å². The standard InChI is InChI=1S/C16H16ClFO/c1-9-5-4-6-12(15(9)18)16(19)13-7-11(3)14(17)8-10(13)2/h4-8,16,19H,1-3H3. The fourth-order valence-corrected chi connectivity index (χ4v) is 2.36. The van der Waals surface area contributed by atoms with E-state index in [4.69, 9.17) is 11.6 Å². The first-order chi connectivity index (χ1) is 8.91. The Kier molecular flexibility index (Phi) is 3.93. The van der Waals surface area contributed by atoms with Crippen LogP contribution >= 0.6 is 11.6 Å². The SMILES string of the molecule is Cc1cc(C(O)c2cccc(C)c2F)c(C)cc1Cl. The van der Waals surface area contributed by atoms with Crippen molar-refractivity contribution in [3.8, 4) is 0 Å². The summed E-state index contributed by atoms with van der Waals surface area (Å²) in [4.78, 5) is 0. The highest BCUT2D eigenvalue weighted by Gasteiger charge is 2.18. The molecule has 2 rings (SSSR count). The molecule has 2 aromatic carbocycles. The van der Waals surface area contributed by atoms with Crippen molar-refractivity contribution in [2.75, 3.05) is 0 Å². The molecule has 0 saturated heterocycles. The second-order valence-corrected chi connectivity index (χ2v) is 5.25. The number of benzene rings is 2. The van der Waals surface area contributed by atoms with E-state index in [-0.39, 0.29) is 5.82 Å². The molecule has 0 fully saturated rings. The summed E-state index contributed by atoms with van der Waals surface area (Å²) in [5, 5.41) is 11.1. The van der Waals surface area contributed by atoms with Crippen molar-refractivity contribution in [1.29, 1.82) is 0 Å². The maximum absolute atomic E-state index is 14.1. The number of aliphatic hydroxyl groups is 1. The van der Waals surface area contributed by atoms with Crippen LogP contribution in [0.15, 0.2) is 30.3 Å². The van der Waals surface area contributed by atoms with E-state index in [0.29, 0.717) is 21.7 Å². The van der Waals surface area contributed by atoms with Gasteiger partial charge in [-0.2, -0.15) is 0 Å². The van der Waals surface area contributed by atoms with E-state index >= 15 is 0 Å². The molecule has 2 aromatic rings. The largest absolute Gasteiger partial charge is 0.384 e. The maximum atomic E-state index is 14.1. The lowest BCUT2D eigenvalue weighted by Crippen LogP contribution is -2.06. The zero-order valence-corrected chi connectivity index (χ0v) is 11.9. The summed E-state index contributed by atoms with van der Waals surface area (Å²) in [5.41, 5.74) is 3.23. The lowest BCUT2D eigenvalue weighted by Gasteiger charge is -2.17. The van der Waals surface area contributed by atoms with Gasteiger partial charge >= 0.3 is 0 Å². The summed E-state index contributed by atoms with van der Waals surface area (Å²) >= 11 is 6.04. The third-order valence-corrected chi connectivity index (χ3v) is 3.77. The first-order valence-corrected chi connectivity index (χ1v) is 6.49. The average Bonchev–Trinajstić information content (AvgIpc) is 2.36. The Morgan fingerprint density at radius 3 is 2.37 bits per heavy atom. The van der Waals surface area contributed by atoms with Gasteiger partial charge in [0.05, 0.1) is 0 Å². The van der Waals surface area contributed by atoms with Gasteiger partial charge in [0.2, 0.25) is 0 Å². The van der Waals surface area contributed by atoms with Gasteiger partial charge in [-0.15, -0.1) is 0 Å². The summed E-state index contributed by atoms with van der Waals surface area (Å²) in [7, 11) is 0. The topological polar surface area (TPSA) is 20.2 Å². The molecule has 1 atom stereocenters. The van der Waals surface area contributed by atoms with Crippen LogP contribution in [0.5, 0.6) is 0 Å². The van der Waals surface area contributed by atoms with E-state index in [0.717, 1.165) is 11.1 Å². The minimum Gasteiger partial charge on any atom is -0.384 e. The van der Waals surface area contributed by atoms with Gasteiger partial charge < -0.3 is 5.11 Å². The van der Waals surface area contributed by atoms with Crippen LogP contribution in [0.25, 0.3) is 0 Å². The first kappa shape index (κ1) is 14.0. The molecule has 0 radical (unpaired) electrons. The molecule has 0 aliphatic rings. The number of hydrogen-bond donors (Lipinski definition) is 1. The Bertz CT molecular complexity index is 622. The predicted molar refractivity (Wildman–Crippen MR) is 76.1 cm³/mol. The molecule has 100 valence electrons. The number of halogens is 2. The molecule has 0 aliphatic heterocycles. The van der Waals surface area contributed by atoms with E-state index in [1.807, 2.05) is 19.9 Å². The lowest BCUT2D eigenvalue weighted by atomic mass is 9.94. The molecule has 1 N–H and O–H groups in total. The van der Waals surface area contributed by atoms with Gasteiger partial charge in [-0.05, 0) is 49.1 Å². The fourth-order valence-electron chi connectivity index (χ4n) is 2.15. The lowest BCUT2D eigenvalue weighted by molar-refractivity contribution is 0.214. The van der Waals surface area contributed by atoms with E-state index in [9.17, 15) is 9.50 Å². The highest BCUT2D eigenvalue weighted by atomic mass is 35.5. The van der Waals surface area contributed by atoms with Gasteiger partial charge in [0.25, 0.3) is 0 Å². The average molecular weight is 279 g/mol. The Balaban J connectivity index is 2.53. The van der Waals surface area contributed by atoms with Crippen LogP contribution in [0, 0.1) is 26.6 Å². The normalized spacial score (nSPS) is 12.5. The number of rotatable bonds is 2. The quantitative estimate of drug-likeness (QED) is 0.858. The molecule has 0 saturated carbocycles. The van der Waals surface area contributed by atoms with Crippen LogP contribution in [0.2, 0.25) is 5.02 Å². The van der Waals surface area contributed by atoms with Crippen molar-refractivity contribution < 1.29 is 9.50 Å². The van der Waals surface area contributed by atoms with Crippen LogP contribution in [-0.2, 0) is 0 Å². The molecule has 0 spiro atoms. The first-order valence-electron chi connectivity index (χ1n) is 6.11. The molecule has 0 bridgehead atoms. The third kappa shape index (κ3) is 2.65. The van der Waals surface area contributed by atoms with Crippen molar-refractivity contribution in [2.24, 2.45) is 0 Å². The third-order valence-electron chi connectivity index (χ3n) is 3.36. The summed E-state index contributed by atoms with van der Waals surface area (Å²) < 4.78 is 14.1. The smallest absolute Gasteiger partial charge is 0.132 e. The van der Waals surface area contributed by atoms with Gasteiger partial charge in [0.1, 0.15) is 11.9 Å². The zero-order valence-electron chi connectivity index (χ0n) is 11.2. The molecule has 19 heavy (non-hydrogen) atoms. The van der Waals surface area contributed by atoms with E-state index in [2.05, 4.69) is 0 Å². The van der Waals surface area contributed by atoms with Crippen LogP contribution in [-0.4, -0.2) is 5.11 Å². The number of aryl methyl sites for hydroxylation is 3. The van der Waals surface area contributed by atoms with Crippen LogP contribution < -0.4 is 0 Å². The van der Waals surface area contributed by atoms with E-state index in [1.165, 1.54) is 0 Å². The zero-order chi connectivity index (χ0) is 14.2. The van der Waals surface area contributed by atoms with Crippen molar-refractivity contribution >= 4 is 11.6 Å². The monoisotopic (exact) mass is 278 g/mol. The second kappa shape index (κ2) is 5.32. The molecule has 1 nitrogen and oxygen atoms in total. The van der Waals surface area contributed by atoms with Crippen molar-refractivity contribution in [3.05, 3.63) is 69.0 Å². The molecule has 0 heterocycles.